The first-order chi connectivity index (χ1) is 9.08. The van der Waals surface area contributed by atoms with Crippen molar-refractivity contribution in [3.63, 3.8) is 0 Å². The molecule has 2 heterocycles. The first kappa shape index (κ1) is 12.7. The Bertz CT molecular complexity index is 649. The van der Waals surface area contributed by atoms with Crippen LogP contribution >= 0.6 is 0 Å². The summed E-state index contributed by atoms with van der Waals surface area (Å²) in [7, 11) is 1.64. The smallest absolute Gasteiger partial charge is 0.354 e. The van der Waals surface area contributed by atoms with Crippen LogP contribution in [0.5, 0.6) is 0 Å². The molecule has 2 rings (SSSR count). The molecule has 2 aromatic rings. The molecule has 0 atom stereocenters. The van der Waals surface area contributed by atoms with Gasteiger partial charge in [-0.3, -0.25) is 4.79 Å². The largest absolute Gasteiger partial charge is 0.477 e. The first-order valence-corrected chi connectivity index (χ1v) is 5.51. The number of hydrogen-bond donors (Lipinski definition) is 2. The zero-order valence-corrected chi connectivity index (χ0v) is 10.2. The van der Waals surface area contributed by atoms with Crippen LogP contribution in [0.1, 0.15) is 16.1 Å². The fourth-order valence-electron chi connectivity index (χ4n) is 1.46. The van der Waals surface area contributed by atoms with Crippen LogP contribution in [-0.2, 0) is 13.6 Å². The van der Waals surface area contributed by atoms with E-state index in [1.165, 1.54) is 23.0 Å². The fourth-order valence-corrected chi connectivity index (χ4v) is 1.46. The molecule has 0 radical (unpaired) electrons. The number of aromatic carboxylic acids is 1. The molecule has 0 saturated heterocycles. The van der Waals surface area contributed by atoms with E-state index in [1.54, 1.807) is 19.3 Å². The predicted octanol–water partition coefficient (Wildman–Crippen LogP) is 0.486. The molecule has 0 aromatic carbocycles. The lowest BCUT2D eigenvalue weighted by atomic mass is 10.2. The van der Waals surface area contributed by atoms with E-state index in [-0.39, 0.29) is 17.1 Å². The molecule has 0 amide bonds. The highest BCUT2D eigenvalue weighted by Gasteiger charge is 2.05. The number of aromatic nitrogens is 3. The maximum absolute atomic E-state index is 11.7. The van der Waals surface area contributed by atoms with E-state index in [2.05, 4.69) is 15.3 Å². The van der Waals surface area contributed by atoms with Crippen molar-refractivity contribution in [3.05, 3.63) is 52.3 Å². The van der Waals surface area contributed by atoms with Gasteiger partial charge >= 0.3 is 5.97 Å². The highest BCUT2D eigenvalue weighted by Crippen LogP contribution is 2.03. The second-order valence-corrected chi connectivity index (χ2v) is 3.90. The van der Waals surface area contributed by atoms with Crippen molar-refractivity contribution in [1.82, 2.24) is 14.5 Å². The molecule has 19 heavy (non-hydrogen) atoms. The van der Waals surface area contributed by atoms with Crippen molar-refractivity contribution >= 4 is 11.8 Å². The topological polar surface area (TPSA) is 97.1 Å². The normalized spacial score (nSPS) is 10.2. The third kappa shape index (κ3) is 2.95. The van der Waals surface area contributed by atoms with Gasteiger partial charge in [0.15, 0.2) is 5.82 Å². The molecule has 0 saturated carbocycles. The van der Waals surface area contributed by atoms with Crippen LogP contribution < -0.4 is 10.9 Å². The lowest BCUT2D eigenvalue weighted by Gasteiger charge is -2.06. The van der Waals surface area contributed by atoms with Gasteiger partial charge in [0.25, 0.3) is 5.56 Å². The second kappa shape index (κ2) is 5.30. The number of nitrogens with zero attached hydrogens (tertiary/aromatic N) is 3. The summed E-state index contributed by atoms with van der Waals surface area (Å²) in [6, 6.07) is 3.05. The monoisotopic (exact) mass is 260 g/mol. The lowest BCUT2D eigenvalue weighted by molar-refractivity contribution is 0.0690. The Hall–Kier alpha value is -2.70. The van der Waals surface area contributed by atoms with Crippen LogP contribution in [0.2, 0.25) is 0 Å². The number of carboxylic acid groups (broad SMARTS) is 1. The molecule has 0 fully saturated rings. The van der Waals surface area contributed by atoms with Gasteiger partial charge < -0.3 is 15.0 Å². The van der Waals surface area contributed by atoms with Gasteiger partial charge in [-0.1, -0.05) is 6.07 Å². The molecular formula is C12H12N4O3. The fraction of sp³-hybridized carbons (Fsp3) is 0.167. The van der Waals surface area contributed by atoms with E-state index in [1.807, 2.05) is 0 Å². The summed E-state index contributed by atoms with van der Waals surface area (Å²) >= 11 is 0. The van der Waals surface area contributed by atoms with Gasteiger partial charge in [-0.25, -0.2) is 14.8 Å². The van der Waals surface area contributed by atoms with Crippen molar-refractivity contribution in [1.29, 1.82) is 0 Å². The minimum atomic E-state index is -1.07. The number of carboxylic acids is 1. The Kier molecular flexibility index (Phi) is 3.56. The van der Waals surface area contributed by atoms with Crippen molar-refractivity contribution in [2.24, 2.45) is 7.05 Å². The Morgan fingerprint density at radius 1 is 1.42 bits per heavy atom. The summed E-state index contributed by atoms with van der Waals surface area (Å²) in [6.45, 7) is 0.346. The molecule has 0 unspecified atom stereocenters. The molecule has 2 aromatic heterocycles. The molecule has 2 N–H and O–H groups in total. The molecule has 0 bridgehead atoms. The van der Waals surface area contributed by atoms with Crippen molar-refractivity contribution in [3.8, 4) is 0 Å². The average Bonchev–Trinajstić information content (AvgIpc) is 2.41. The Balaban J connectivity index is 2.08. The van der Waals surface area contributed by atoms with Crippen molar-refractivity contribution < 1.29 is 9.90 Å². The zero-order valence-electron chi connectivity index (χ0n) is 10.2. The number of hydrogen-bond acceptors (Lipinski definition) is 5. The Morgan fingerprint density at radius 3 is 2.84 bits per heavy atom. The summed E-state index contributed by atoms with van der Waals surface area (Å²) < 4.78 is 1.42. The van der Waals surface area contributed by atoms with Crippen LogP contribution in [0.3, 0.4) is 0 Å². The van der Waals surface area contributed by atoms with Gasteiger partial charge in [-0.2, -0.15) is 0 Å². The standard InChI is InChI=1S/C12H12N4O3/c1-16-5-4-13-10(11(16)17)15-7-8-2-3-9(12(18)19)14-6-8/h2-6H,7H2,1H3,(H,13,15)(H,18,19). The van der Waals surface area contributed by atoms with Gasteiger partial charge in [0.1, 0.15) is 5.69 Å². The summed E-state index contributed by atoms with van der Waals surface area (Å²) in [5.74, 6) is -0.828. The predicted molar refractivity (Wildman–Crippen MR) is 68.0 cm³/mol. The van der Waals surface area contributed by atoms with Gasteiger partial charge in [-0.15, -0.1) is 0 Å². The summed E-state index contributed by atoms with van der Waals surface area (Å²) in [6.07, 6.45) is 4.54. The molecule has 0 aliphatic carbocycles. The molecule has 0 aliphatic rings. The number of aryl methyl sites for hydroxylation is 1. The summed E-state index contributed by atoms with van der Waals surface area (Å²) in [5.41, 5.74) is 0.521. The van der Waals surface area contributed by atoms with Crippen LogP contribution in [0, 0.1) is 0 Å². The SMILES string of the molecule is Cn1ccnc(NCc2ccc(C(=O)O)nc2)c1=O. The Morgan fingerprint density at radius 2 is 2.21 bits per heavy atom. The quantitative estimate of drug-likeness (QED) is 0.830. The van der Waals surface area contributed by atoms with Crippen LogP contribution in [0.15, 0.2) is 35.5 Å². The number of pyridine rings is 1. The average molecular weight is 260 g/mol. The third-order valence-electron chi connectivity index (χ3n) is 2.52. The number of rotatable bonds is 4. The van der Waals surface area contributed by atoms with Crippen LogP contribution in [0.4, 0.5) is 5.82 Å². The van der Waals surface area contributed by atoms with Crippen molar-refractivity contribution in [2.75, 3.05) is 5.32 Å². The van der Waals surface area contributed by atoms with Gasteiger partial charge in [0.05, 0.1) is 0 Å². The van der Waals surface area contributed by atoms with E-state index in [0.717, 1.165) is 5.56 Å². The minimum absolute atomic E-state index is 0.0162. The Labute approximate surface area is 108 Å². The zero-order chi connectivity index (χ0) is 13.8. The molecule has 7 nitrogen and oxygen atoms in total. The van der Waals surface area contributed by atoms with Gasteiger partial charge in [-0.05, 0) is 11.6 Å². The molecule has 0 aliphatic heterocycles. The van der Waals surface area contributed by atoms with Crippen LogP contribution in [0.25, 0.3) is 0 Å². The lowest BCUT2D eigenvalue weighted by Crippen LogP contribution is -2.21. The maximum atomic E-state index is 11.7. The molecule has 7 heteroatoms. The molecular weight excluding hydrogens is 248 g/mol. The van der Waals surface area contributed by atoms with E-state index in [9.17, 15) is 9.59 Å². The minimum Gasteiger partial charge on any atom is -0.477 e. The van der Waals surface area contributed by atoms with Crippen molar-refractivity contribution in [2.45, 2.75) is 6.54 Å². The van der Waals surface area contributed by atoms with Gasteiger partial charge in [0.2, 0.25) is 0 Å². The number of anilines is 1. The van der Waals surface area contributed by atoms with E-state index >= 15 is 0 Å². The third-order valence-corrected chi connectivity index (χ3v) is 2.52. The van der Waals surface area contributed by atoms with E-state index in [0.29, 0.717) is 6.54 Å². The number of nitrogens with one attached hydrogen (secondary N) is 1. The molecule has 98 valence electrons. The highest BCUT2D eigenvalue weighted by atomic mass is 16.4. The maximum Gasteiger partial charge on any atom is 0.354 e. The summed E-state index contributed by atoms with van der Waals surface area (Å²) in [4.78, 5) is 30.0. The summed E-state index contributed by atoms with van der Waals surface area (Å²) in [5, 5.41) is 11.6. The van der Waals surface area contributed by atoms with E-state index < -0.39 is 5.97 Å². The van der Waals surface area contributed by atoms with Crippen LogP contribution in [-0.4, -0.2) is 25.6 Å². The number of carbonyl (C=O) groups is 1. The highest BCUT2D eigenvalue weighted by molar-refractivity contribution is 5.85. The molecule has 0 spiro atoms. The van der Waals surface area contributed by atoms with E-state index in [4.69, 9.17) is 5.11 Å². The van der Waals surface area contributed by atoms with Gasteiger partial charge in [0, 0.05) is 32.2 Å². The second-order valence-electron chi connectivity index (χ2n) is 3.90. The first-order valence-electron chi connectivity index (χ1n) is 5.51.